The lowest BCUT2D eigenvalue weighted by Gasteiger charge is -2.19. The standard InChI is InChI=1S/C19H25ClN5O4PS2/c1-10(2)8-12(9-26)21-16-15-17(24-19(32-15)25-30(27,28)29)23-18(22-16)31-11(3)13-6-4-5-7-14(13)20/h4-7,10-12,26H,8-9H2,1-3H3,(H4,21,22,23,24,25,27,28,29)/t11?,12-/m1/s1. The minimum Gasteiger partial charge on any atom is -0.394 e. The van der Waals surface area contributed by atoms with Crippen molar-refractivity contribution in [2.45, 2.75) is 43.6 Å². The van der Waals surface area contributed by atoms with Crippen molar-refractivity contribution in [1.29, 1.82) is 0 Å². The summed E-state index contributed by atoms with van der Waals surface area (Å²) in [5.74, 6) is 0.805. The van der Waals surface area contributed by atoms with Gasteiger partial charge in [-0.05, 0) is 30.9 Å². The van der Waals surface area contributed by atoms with E-state index in [2.05, 4.69) is 39.2 Å². The van der Waals surface area contributed by atoms with Gasteiger partial charge in [0.25, 0.3) is 0 Å². The van der Waals surface area contributed by atoms with Gasteiger partial charge in [-0.1, -0.05) is 66.7 Å². The summed E-state index contributed by atoms with van der Waals surface area (Å²) in [6.07, 6.45) is 0.715. The number of thioether (sulfide) groups is 1. The number of nitrogens with zero attached hydrogens (tertiary/aromatic N) is 3. The summed E-state index contributed by atoms with van der Waals surface area (Å²) in [5.41, 5.74) is 1.24. The fourth-order valence-corrected chi connectivity index (χ4v) is 5.94. The van der Waals surface area contributed by atoms with E-state index in [1.165, 1.54) is 11.8 Å². The number of halogens is 1. The van der Waals surface area contributed by atoms with Gasteiger partial charge in [-0.25, -0.2) is 14.5 Å². The Morgan fingerprint density at radius 2 is 1.91 bits per heavy atom. The number of aliphatic hydroxyl groups excluding tert-OH is 1. The van der Waals surface area contributed by atoms with Crippen molar-refractivity contribution in [2.24, 2.45) is 5.92 Å². The van der Waals surface area contributed by atoms with Crippen molar-refractivity contribution in [2.75, 3.05) is 17.0 Å². The van der Waals surface area contributed by atoms with Crippen LogP contribution in [0.15, 0.2) is 29.4 Å². The van der Waals surface area contributed by atoms with Gasteiger partial charge in [-0.15, -0.1) is 0 Å². The maximum atomic E-state index is 11.4. The van der Waals surface area contributed by atoms with Crippen LogP contribution < -0.4 is 10.4 Å². The second kappa shape index (κ2) is 10.6. The molecule has 3 aromatic rings. The minimum absolute atomic E-state index is 0.0383. The smallest absolute Gasteiger partial charge is 0.394 e. The maximum Gasteiger partial charge on any atom is 0.429 e. The van der Waals surface area contributed by atoms with Crippen LogP contribution in [0.2, 0.25) is 5.02 Å². The molecule has 2 atom stereocenters. The largest absolute Gasteiger partial charge is 0.429 e. The van der Waals surface area contributed by atoms with E-state index in [9.17, 15) is 19.5 Å². The minimum atomic E-state index is -4.52. The first-order valence-corrected chi connectivity index (χ1v) is 13.5. The van der Waals surface area contributed by atoms with Crippen molar-refractivity contribution in [3.8, 4) is 0 Å². The predicted octanol–water partition coefficient (Wildman–Crippen LogP) is 4.92. The molecule has 0 aliphatic carbocycles. The van der Waals surface area contributed by atoms with Crippen molar-refractivity contribution in [1.82, 2.24) is 15.0 Å². The molecule has 32 heavy (non-hydrogen) atoms. The van der Waals surface area contributed by atoms with E-state index < -0.39 is 7.75 Å². The lowest BCUT2D eigenvalue weighted by Crippen LogP contribution is -2.26. The molecule has 174 valence electrons. The summed E-state index contributed by atoms with van der Waals surface area (Å²) in [6.45, 7) is 6.01. The molecule has 0 spiro atoms. The van der Waals surface area contributed by atoms with Gasteiger partial charge < -0.3 is 20.2 Å². The molecule has 0 amide bonds. The summed E-state index contributed by atoms with van der Waals surface area (Å²) < 4.78 is 11.9. The van der Waals surface area contributed by atoms with E-state index in [-0.39, 0.29) is 23.0 Å². The van der Waals surface area contributed by atoms with E-state index in [0.29, 0.717) is 38.7 Å². The first kappa shape index (κ1) is 25.2. The molecule has 0 fully saturated rings. The Kier molecular flexibility index (Phi) is 8.37. The molecular weight excluding hydrogens is 493 g/mol. The average molecular weight is 518 g/mol. The molecule has 0 radical (unpaired) electrons. The van der Waals surface area contributed by atoms with Crippen LogP contribution in [0.25, 0.3) is 10.3 Å². The SMILES string of the molecule is CC(C)C[C@H](CO)Nc1nc(SC(C)c2ccccc2Cl)nc2nc(NP(=O)(O)O)sc12. The number of benzene rings is 1. The van der Waals surface area contributed by atoms with Gasteiger partial charge in [0.2, 0.25) is 0 Å². The molecule has 0 aliphatic rings. The molecule has 13 heteroatoms. The van der Waals surface area contributed by atoms with E-state index in [1.807, 2.05) is 31.2 Å². The van der Waals surface area contributed by atoms with E-state index in [4.69, 9.17) is 11.6 Å². The van der Waals surface area contributed by atoms with Crippen LogP contribution in [0.4, 0.5) is 10.9 Å². The highest BCUT2D eigenvalue weighted by molar-refractivity contribution is 7.99. The third-order valence-electron chi connectivity index (χ3n) is 4.42. The predicted molar refractivity (Wildman–Crippen MR) is 131 cm³/mol. The summed E-state index contributed by atoms with van der Waals surface area (Å²) in [5, 5.41) is 16.2. The molecule has 5 N–H and O–H groups in total. The number of aromatic nitrogens is 3. The molecule has 9 nitrogen and oxygen atoms in total. The number of aliphatic hydroxyl groups is 1. The zero-order chi connectivity index (χ0) is 23.5. The third kappa shape index (κ3) is 6.77. The average Bonchev–Trinajstić information content (AvgIpc) is 3.08. The van der Waals surface area contributed by atoms with Gasteiger partial charge in [0.1, 0.15) is 4.70 Å². The fraction of sp³-hybridized carbons (Fsp3) is 0.421. The van der Waals surface area contributed by atoms with E-state index in [0.717, 1.165) is 16.9 Å². The molecule has 2 heterocycles. The van der Waals surface area contributed by atoms with Crippen LogP contribution in [0, 0.1) is 5.92 Å². The van der Waals surface area contributed by atoms with Crippen molar-refractivity contribution >= 4 is 63.7 Å². The van der Waals surface area contributed by atoms with E-state index in [1.54, 1.807) is 0 Å². The number of hydrogen-bond donors (Lipinski definition) is 5. The summed E-state index contributed by atoms with van der Waals surface area (Å²) in [7, 11) is -4.52. The number of hydrogen-bond acceptors (Lipinski definition) is 8. The number of rotatable bonds is 10. The highest BCUT2D eigenvalue weighted by atomic mass is 35.5. The maximum absolute atomic E-state index is 11.4. The molecule has 0 aliphatic heterocycles. The quantitative estimate of drug-likeness (QED) is 0.143. The molecular formula is C19H25ClN5O4PS2. The first-order chi connectivity index (χ1) is 15.1. The van der Waals surface area contributed by atoms with Crippen molar-refractivity contribution < 1.29 is 19.5 Å². The lowest BCUT2D eigenvalue weighted by molar-refractivity contribution is 0.259. The van der Waals surface area contributed by atoms with E-state index >= 15 is 0 Å². The zero-order valence-electron chi connectivity index (χ0n) is 17.7. The Balaban J connectivity index is 1.99. The molecule has 3 rings (SSSR count). The third-order valence-corrected chi connectivity index (χ3v) is 7.38. The fourth-order valence-electron chi connectivity index (χ4n) is 3.09. The topological polar surface area (TPSA) is 140 Å². The monoisotopic (exact) mass is 517 g/mol. The van der Waals surface area contributed by atoms with Crippen LogP contribution in [-0.4, -0.2) is 42.5 Å². The normalized spacial score (nSPS) is 14.0. The Bertz CT molecular complexity index is 1130. The van der Waals surface area contributed by atoms with Gasteiger partial charge in [0.15, 0.2) is 21.8 Å². The Morgan fingerprint density at radius 3 is 2.53 bits per heavy atom. The Morgan fingerprint density at radius 1 is 1.19 bits per heavy atom. The van der Waals surface area contributed by atoms with Gasteiger partial charge in [-0.3, -0.25) is 5.09 Å². The van der Waals surface area contributed by atoms with Crippen molar-refractivity contribution in [3.05, 3.63) is 34.9 Å². The first-order valence-electron chi connectivity index (χ1n) is 9.86. The number of anilines is 2. The molecule has 0 bridgehead atoms. The molecule has 0 saturated carbocycles. The highest BCUT2D eigenvalue weighted by Gasteiger charge is 2.22. The number of fused-ring (bicyclic) bond motifs is 1. The number of thiazole rings is 1. The second-order valence-corrected chi connectivity index (χ2v) is 11.6. The Labute approximate surface area is 199 Å². The Hall–Kier alpha value is -1.46. The molecule has 1 unspecified atom stereocenters. The van der Waals surface area contributed by atoms with Crippen molar-refractivity contribution in [3.63, 3.8) is 0 Å². The van der Waals surface area contributed by atoms with Gasteiger partial charge >= 0.3 is 7.75 Å². The van der Waals surface area contributed by atoms with Crippen LogP contribution in [0.1, 0.15) is 38.0 Å². The molecule has 0 saturated heterocycles. The van der Waals surface area contributed by atoms with Gasteiger partial charge in [0, 0.05) is 10.3 Å². The van der Waals surface area contributed by atoms with Crippen LogP contribution in [0.3, 0.4) is 0 Å². The molecule has 1 aromatic carbocycles. The summed E-state index contributed by atoms with van der Waals surface area (Å²) >= 11 is 8.75. The van der Waals surface area contributed by atoms with Crippen LogP contribution in [0.5, 0.6) is 0 Å². The van der Waals surface area contributed by atoms with Gasteiger partial charge in [0.05, 0.1) is 12.6 Å². The number of nitrogens with one attached hydrogen (secondary N) is 2. The second-order valence-electron chi connectivity index (χ2n) is 7.62. The van der Waals surface area contributed by atoms with Gasteiger partial charge in [-0.2, -0.15) is 4.98 Å². The highest BCUT2D eigenvalue weighted by Crippen LogP contribution is 2.42. The zero-order valence-corrected chi connectivity index (χ0v) is 21.0. The van der Waals surface area contributed by atoms with Crippen LogP contribution in [-0.2, 0) is 4.57 Å². The summed E-state index contributed by atoms with van der Waals surface area (Å²) in [6, 6.07) is 7.29. The summed E-state index contributed by atoms with van der Waals surface area (Å²) in [4.78, 5) is 31.8. The lowest BCUT2D eigenvalue weighted by atomic mass is 10.0. The van der Waals surface area contributed by atoms with Crippen LogP contribution >= 0.6 is 42.4 Å². The molecule has 2 aromatic heterocycles.